The van der Waals surface area contributed by atoms with Crippen LogP contribution >= 0.6 is 0 Å². The van der Waals surface area contributed by atoms with E-state index >= 15 is 0 Å². The Labute approximate surface area is 128 Å². The van der Waals surface area contributed by atoms with Crippen LogP contribution in [0.25, 0.3) is 11.3 Å². The fourth-order valence-corrected chi connectivity index (χ4v) is 3.37. The maximum atomic E-state index is 11.4. The first-order valence-electron chi connectivity index (χ1n) is 7.59. The SMILES string of the molecule is NC(=O)c1n[nH]nc1-c1cccc(C2(CO)CCCCC2)c1. The zero-order valence-corrected chi connectivity index (χ0v) is 12.4. The lowest BCUT2D eigenvalue weighted by atomic mass is 9.70. The average Bonchev–Trinajstić information content (AvgIpc) is 3.05. The highest BCUT2D eigenvalue weighted by molar-refractivity contribution is 5.96. The molecule has 1 aromatic heterocycles. The minimum Gasteiger partial charge on any atom is -0.395 e. The van der Waals surface area contributed by atoms with Crippen LogP contribution in [0.3, 0.4) is 0 Å². The summed E-state index contributed by atoms with van der Waals surface area (Å²) in [5.41, 5.74) is 7.61. The van der Waals surface area contributed by atoms with Crippen LogP contribution < -0.4 is 5.73 Å². The first-order valence-corrected chi connectivity index (χ1v) is 7.59. The van der Waals surface area contributed by atoms with Crippen LogP contribution in [0.5, 0.6) is 0 Å². The zero-order valence-electron chi connectivity index (χ0n) is 12.4. The van der Waals surface area contributed by atoms with Crippen LogP contribution in [0.4, 0.5) is 0 Å². The Morgan fingerprint density at radius 3 is 2.73 bits per heavy atom. The fraction of sp³-hybridized carbons (Fsp3) is 0.438. The molecule has 4 N–H and O–H groups in total. The molecule has 22 heavy (non-hydrogen) atoms. The van der Waals surface area contributed by atoms with Crippen molar-refractivity contribution in [2.45, 2.75) is 37.5 Å². The Bertz CT molecular complexity index is 674. The maximum absolute atomic E-state index is 11.4. The molecule has 116 valence electrons. The molecule has 1 aromatic carbocycles. The number of nitrogens with two attached hydrogens (primary N) is 1. The lowest BCUT2D eigenvalue weighted by molar-refractivity contribution is 0.0996. The Balaban J connectivity index is 2.02. The van der Waals surface area contributed by atoms with Gasteiger partial charge in [0, 0.05) is 11.0 Å². The first-order chi connectivity index (χ1) is 10.7. The molecule has 0 bridgehead atoms. The molecule has 2 aromatic rings. The maximum Gasteiger partial charge on any atom is 0.271 e. The Morgan fingerprint density at radius 2 is 2.05 bits per heavy atom. The summed E-state index contributed by atoms with van der Waals surface area (Å²) in [4.78, 5) is 11.4. The number of amides is 1. The molecule has 0 atom stereocenters. The van der Waals surface area contributed by atoms with Gasteiger partial charge in [-0.1, -0.05) is 37.5 Å². The molecule has 1 saturated carbocycles. The highest BCUT2D eigenvalue weighted by atomic mass is 16.3. The van der Waals surface area contributed by atoms with E-state index in [0.29, 0.717) is 5.69 Å². The highest BCUT2D eigenvalue weighted by Crippen LogP contribution is 2.40. The Kier molecular flexibility index (Phi) is 3.94. The quantitative estimate of drug-likeness (QED) is 0.800. The lowest BCUT2D eigenvalue weighted by Crippen LogP contribution is -2.33. The van der Waals surface area contributed by atoms with Crippen LogP contribution in [0.2, 0.25) is 0 Å². The molecule has 1 amide bonds. The monoisotopic (exact) mass is 300 g/mol. The number of aliphatic hydroxyl groups excluding tert-OH is 1. The number of H-pyrrole nitrogens is 1. The van der Waals surface area contributed by atoms with Crippen LogP contribution in [-0.4, -0.2) is 33.0 Å². The van der Waals surface area contributed by atoms with Crippen LogP contribution in [0, 0.1) is 0 Å². The molecule has 1 heterocycles. The normalized spacial score (nSPS) is 17.3. The van der Waals surface area contributed by atoms with E-state index in [1.54, 1.807) is 0 Å². The molecule has 1 fully saturated rings. The van der Waals surface area contributed by atoms with E-state index in [0.717, 1.165) is 36.8 Å². The molecule has 6 nitrogen and oxygen atoms in total. The molecule has 3 rings (SSSR count). The number of rotatable bonds is 4. The van der Waals surface area contributed by atoms with E-state index in [2.05, 4.69) is 15.4 Å². The molecule has 1 aliphatic rings. The molecule has 0 aliphatic heterocycles. The van der Waals surface area contributed by atoms with Gasteiger partial charge < -0.3 is 10.8 Å². The van der Waals surface area contributed by atoms with Crippen molar-refractivity contribution in [2.24, 2.45) is 5.73 Å². The van der Waals surface area contributed by atoms with Gasteiger partial charge in [0.05, 0.1) is 6.61 Å². The van der Waals surface area contributed by atoms with E-state index in [9.17, 15) is 9.90 Å². The van der Waals surface area contributed by atoms with Crippen molar-refractivity contribution in [3.8, 4) is 11.3 Å². The minimum absolute atomic E-state index is 0.137. The van der Waals surface area contributed by atoms with Gasteiger partial charge in [0.1, 0.15) is 5.69 Å². The van der Waals surface area contributed by atoms with E-state index in [1.165, 1.54) is 6.42 Å². The number of aliphatic hydroxyl groups is 1. The van der Waals surface area contributed by atoms with Gasteiger partial charge in [0.25, 0.3) is 5.91 Å². The number of hydrogen-bond donors (Lipinski definition) is 3. The van der Waals surface area contributed by atoms with E-state index in [-0.39, 0.29) is 17.7 Å². The summed E-state index contributed by atoms with van der Waals surface area (Å²) in [6, 6.07) is 7.83. The van der Waals surface area contributed by atoms with Crippen molar-refractivity contribution in [2.75, 3.05) is 6.61 Å². The molecular weight excluding hydrogens is 280 g/mol. The van der Waals surface area contributed by atoms with Crippen molar-refractivity contribution < 1.29 is 9.90 Å². The van der Waals surface area contributed by atoms with Crippen molar-refractivity contribution in [1.29, 1.82) is 0 Å². The topological polar surface area (TPSA) is 105 Å². The Hall–Kier alpha value is -2.21. The number of nitrogens with zero attached hydrogens (tertiary/aromatic N) is 2. The van der Waals surface area contributed by atoms with Gasteiger partial charge >= 0.3 is 0 Å². The van der Waals surface area contributed by atoms with Crippen LogP contribution in [0.1, 0.15) is 48.2 Å². The van der Waals surface area contributed by atoms with Gasteiger partial charge in [0.2, 0.25) is 0 Å². The largest absolute Gasteiger partial charge is 0.395 e. The van der Waals surface area contributed by atoms with Gasteiger partial charge in [-0.3, -0.25) is 4.79 Å². The number of benzene rings is 1. The summed E-state index contributed by atoms with van der Waals surface area (Å²) >= 11 is 0. The van der Waals surface area contributed by atoms with Gasteiger partial charge in [-0.2, -0.15) is 15.4 Å². The second-order valence-electron chi connectivity index (χ2n) is 5.96. The standard InChI is InChI=1S/C16H20N4O2/c17-15(22)14-13(18-20-19-14)11-5-4-6-12(9-11)16(10-21)7-2-1-3-8-16/h4-6,9,21H,1-3,7-8,10H2,(H2,17,22)(H,18,19,20). The van der Waals surface area contributed by atoms with Gasteiger partial charge in [0.15, 0.2) is 5.69 Å². The molecule has 0 unspecified atom stereocenters. The lowest BCUT2D eigenvalue weighted by Gasteiger charge is -2.36. The predicted molar refractivity (Wildman–Crippen MR) is 82.2 cm³/mol. The summed E-state index contributed by atoms with van der Waals surface area (Å²) in [7, 11) is 0. The number of aromatic nitrogens is 3. The summed E-state index contributed by atoms with van der Waals surface area (Å²) in [6.07, 6.45) is 5.43. The predicted octanol–water partition coefficient (Wildman–Crippen LogP) is 1.76. The highest BCUT2D eigenvalue weighted by Gasteiger charge is 2.33. The van der Waals surface area contributed by atoms with Crippen molar-refractivity contribution in [1.82, 2.24) is 15.4 Å². The van der Waals surface area contributed by atoms with E-state index in [1.807, 2.05) is 24.3 Å². The average molecular weight is 300 g/mol. The van der Waals surface area contributed by atoms with Crippen molar-refractivity contribution in [3.63, 3.8) is 0 Å². The molecule has 1 aliphatic carbocycles. The number of hydrogen-bond acceptors (Lipinski definition) is 4. The first kappa shape index (κ1) is 14.7. The second kappa shape index (κ2) is 5.88. The van der Waals surface area contributed by atoms with Crippen molar-refractivity contribution in [3.05, 3.63) is 35.5 Å². The summed E-state index contributed by atoms with van der Waals surface area (Å²) in [5, 5.41) is 20.3. The van der Waals surface area contributed by atoms with Gasteiger partial charge in [-0.25, -0.2) is 0 Å². The molecular formula is C16H20N4O2. The second-order valence-corrected chi connectivity index (χ2v) is 5.96. The minimum atomic E-state index is -0.608. The number of aromatic amines is 1. The smallest absolute Gasteiger partial charge is 0.271 e. The van der Waals surface area contributed by atoms with Crippen molar-refractivity contribution >= 4 is 5.91 Å². The number of nitrogens with one attached hydrogen (secondary N) is 1. The van der Waals surface area contributed by atoms with Gasteiger partial charge in [-0.05, 0) is 24.5 Å². The van der Waals surface area contributed by atoms with E-state index in [4.69, 9.17) is 5.73 Å². The number of primary amides is 1. The third-order valence-electron chi connectivity index (χ3n) is 4.64. The molecule has 6 heteroatoms. The fourth-order valence-electron chi connectivity index (χ4n) is 3.37. The molecule has 0 saturated heterocycles. The summed E-state index contributed by atoms with van der Waals surface area (Å²) in [5.74, 6) is -0.608. The zero-order chi connectivity index (χ0) is 15.6. The Morgan fingerprint density at radius 1 is 1.27 bits per heavy atom. The molecule has 0 spiro atoms. The number of carbonyl (C=O) groups excluding carboxylic acids is 1. The number of carbonyl (C=O) groups is 1. The third-order valence-corrected chi connectivity index (χ3v) is 4.64. The van der Waals surface area contributed by atoms with Crippen LogP contribution in [0.15, 0.2) is 24.3 Å². The third kappa shape index (κ3) is 2.50. The van der Waals surface area contributed by atoms with E-state index < -0.39 is 5.91 Å². The summed E-state index contributed by atoms with van der Waals surface area (Å²) in [6.45, 7) is 0.137. The van der Waals surface area contributed by atoms with Crippen LogP contribution in [-0.2, 0) is 5.41 Å². The van der Waals surface area contributed by atoms with Gasteiger partial charge in [-0.15, -0.1) is 0 Å². The molecule has 0 radical (unpaired) electrons. The summed E-state index contributed by atoms with van der Waals surface area (Å²) < 4.78 is 0.